The second-order valence-electron chi connectivity index (χ2n) is 7.10. The molecule has 3 rings (SSSR count). The average molecular weight is 398 g/mol. The number of carbonyl (C=O) groups is 2. The van der Waals surface area contributed by atoms with E-state index in [4.69, 9.17) is 14.2 Å². The number of rotatable bonds is 6. The number of para-hydroxylation sites is 2. The number of esters is 1. The van der Waals surface area contributed by atoms with Crippen molar-refractivity contribution in [1.29, 1.82) is 0 Å². The molecule has 2 unspecified atom stereocenters. The third-order valence-electron chi connectivity index (χ3n) is 4.70. The number of methoxy groups -OCH3 is 1. The number of ether oxygens (including phenoxy) is 3. The maximum atomic E-state index is 13.5. The fourth-order valence-electron chi connectivity index (χ4n) is 3.24. The summed E-state index contributed by atoms with van der Waals surface area (Å²) in [5, 5.41) is 0. The minimum absolute atomic E-state index is 0.312. The molecule has 1 aliphatic heterocycles. The zero-order valence-corrected chi connectivity index (χ0v) is 17.1. The van der Waals surface area contributed by atoms with Crippen molar-refractivity contribution in [2.24, 2.45) is 0 Å². The normalized spacial score (nSPS) is 18.7. The van der Waals surface area contributed by atoms with Gasteiger partial charge in [0, 0.05) is 20.0 Å². The van der Waals surface area contributed by atoms with Crippen molar-refractivity contribution in [3.63, 3.8) is 0 Å². The van der Waals surface area contributed by atoms with Gasteiger partial charge in [-0.3, -0.25) is 9.59 Å². The van der Waals surface area contributed by atoms with Crippen LogP contribution in [-0.4, -0.2) is 57.2 Å². The lowest BCUT2D eigenvalue weighted by molar-refractivity contribution is -0.158. The van der Waals surface area contributed by atoms with E-state index in [1.54, 1.807) is 24.1 Å². The number of likely N-dealkylation sites (N-methyl/N-ethyl adjacent to an activating group) is 1. The third kappa shape index (κ3) is 4.68. The van der Waals surface area contributed by atoms with Crippen molar-refractivity contribution in [1.82, 2.24) is 4.90 Å². The van der Waals surface area contributed by atoms with Crippen LogP contribution in [0.1, 0.15) is 18.6 Å². The molecule has 2 atom stereocenters. The first kappa shape index (κ1) is 20.7. The van der Waals surface area contributed by atoms with E-state index >= 15 is 0 Å². The number of anilines is 1. The number of benzene rings is 2. The summed E-state index contributed by atoms with van der Waals surface area (Å²) in [5.74, 6) is 0.401. The van der Waals surface area contributed by atoms with Crippen LogP contribution >= 0.6 is 0 Å². The van der Waals surface area contributed by atoms with Gasteiger partial charge < -0.3 is 24.0 Å². The van der Waals surface area contributed by atoms with Crippen molar-refractivity contribution >= 4 is 17.6 Å². The van der Waals surface area contributed by atoms with Gasteiger partial charge in [-0.2, -0.15) is 0 Å². The van der Waals surface area contributed by atoms with Crippen molar-refractivity contribution in [2.45, 2.75) is 19.1 Å². The number of amides is 1. The van der Waals surface area contributed by atoms with Gasteiger partial charge in [0.1, 0.15) is 11.5 Å². The molecule has 0 bridgehead atoms. The molecule has 0 saturated heterocycles. The van der Waals surface area contributed by atoms with Gasteiger partial charge in [-0.1, -0.05) is 24.3 Å². The number of carbonyl (C=O) groups excluding carboxylic acids is 2. The molecule has 0 aliphatic carbocycles. The predicted octanol–water partition coefficient (Wildman–Crippen LogP) is 2.66. The molecule has 0 N–H and O–H groups in total. The molecule has 7 nitrogen and oxygen atoms in total. The Hall–Kier alpha value is -3.06. The molecule has 2 aromatic carbocycles. The monoisotopic (exact) mass is 398 g/mol. The van der Waals surface area contributed by atoms with Gasteiger partial charge in [0.05, 0.1) is 12.8 Å². The first-order valence-corrected chi connectivity index (χ1v) is 9.43. The first-order chi connectivity index (χ1) is 13.9. The quantitative estimate of drug-likeness (QED) is 0.697. The van der Waals surface area contributed by atoms with Crippen molar-refractivity contribution in [3.05, 3.63) is 54.1 Å². The lowest BCUT2D eigenvalue weighted by atomic mass is 10.0. The van der Waals surface area contributed by atoms with Gasteiger partial charge >= 0.3 is 5.97 Å². The highest BCUT2D eigenvalue weighted by Gasteiger charge is 2.41. The van der Waals surface area contributed by atoms with Gasteiger partial charge in [-0.15, -0.1) is 0 Å². The molecule has 1 aliphatic rings. The third-order valence-corrected chi connectivity index (χ3v) is 4.70. The van der Waals surface area contributed by atoms with Crippen LogP contribution in [0.25, 0.3) is 0 Å². The second kappa shape index (κ2) is 8.96. The van der Waals surface area contributed by atoms with Crippen molar-refractivity contribution in [2.75, 3.05) is 39.2 Å². The summed E-state index contributed by atoms with van der Waals surface area (Å²) in [6, 6.07) is 14.6. The van der Waals surface area contributed by atoms with Gasteiger partial charge in [0.2, 0.25) is 6.10 Å². The van der Waals surface area contributed by atoms with Crippen molar-refractivity contribution < 1.29 is 23.8 Å². The SMILES string of the molecule is COc1ccc(C2Oc3ccccc3N(CCN(C)C)C(=O)C2OC(C)=O)cc1. The fourth-order valence-corrected chi connectivity index (χ4v) is 3.24. The minimum atomic E-state index is -1.10. The van der Waals surface area contributed by atoms with E-state index in [-0.39, 0.29) is 5.91 Å². The Labute approximate surface area is 170 Å². The Morgan fingerprint density at radius 3 is 2.45 bits per heavy atom. The van der Waals surface area contributed by atoms with Crippen LogP contribution < -0.4 is 14.4 Å². The standard InChI is InChI=1S/C22H26N2O5/c1-15(25)28-21-20(16-9-11-17(27-4)12-10-16)29-19-8-6-5-7-18(19)24(22(21)26)14-13-23(2)3/h5-12,20-21H,13-14H2,1-4H3. The zero-order chi connectivity index (χ0) is 21.0. The van der Waals surface area contributed by atoms with Gasteiger partial charge in [-0.25, -0.2) is 0 Å². The van der Waals surface area contributed by atoms with Crippen LogP contribution in [0.4, 0.5) is 5.69 Å². The molecule has 29 heavy (non-hydrogen) atoms. The molecule has 2 aromatic rings. The van der Waals surface area contributed by atoms with Crippen LogP contribution in [0, 0.1) is 0 Å². The van der Waals surface area contributed by atoms with E-state index in [0.717, 1.165) is 5.56 Å². The summed E-state index contributed by atoms with van der Waals surface area (Å²) in [6.45, 7) is 2.39. The highest BCUT2D eigenvalue weighted by molar-refractivity contribution is 6.00. The largest absolute Gasteiger partial charge is 0.497 e. The number of fused-ring (bicyclic) bond motifs is 1. The van der Waals surface area contributed by atoms with Crippen molar-refractivity contribution in [3.8, 4) is 11.5 Å². The minimum Gasteiger partial charge on any atom is -0.497 e. The number of nitrogens with zero attached hydrogens (tertiary/aromatic N) is 2. The molecule has 7 heteroatoms. The molecular formula is C22H26N2O5. The summed E-state index contributed by atoms with van der Waals surface area (Å²) in [4.78, 5) is 28.9. The Kier molecular flexibility index (Phi) is 6.39. The van der Waals surface area contributed by atoms with Crippen LogP contribution in [0.5, 0.6) is 11.5 Å². The molecule has 1 heterocycles. The van der Waals surface area contributed by atoms with Crippen LogP contribution in [0.2, 0.25) is 0 Å². The zero-order valence-electron chi connectivity index (χ0n) is 17.1. The summed E-state index contributed by atoms with van der Waals surface area (Å²) in [5.41, 5.74) is 1.38. The summed E-state index contributed by atoms with van der Waals surface area (Å²) in [6.07, 6.45) is -1.88. The van der Waals surface area contributed by atoms with E-state index < -0.39 is 18.2 Å². The first-order valence-electron chi connectivity index (χ1n) is 9.43. The Morgan fingerprint density at radius 2 is 1.83 bits per heavy atom. The Balaban J connectivity index is 2.06. The van der Waals surface area contributed by atoms with Crippen LogP contribution in [0.15, 0.2) is 48.5 Å². The molecule has 154 valence electrons. The maximum Gasteiger partial charge on any atom is 0.303 e. The smallest absolute Gasteiger partial charge is 0.303 e. The van der Waals surface area contributed by atoms with Crippen LogP contribution in [0.3, 0.4) is 0 Å². The molecule has 0 radical (unpaired) electrons. The molecular weight excluding hydrogens is 372 g/mol. The summed E-state index contributed by atoms with van der Waals surface area (Å²) in [7, 11) is 5.46. The highest BCUT2D eigenvalue weighted by Crippen LogP contribution is 2.39. The summed E-state index contributed by atoms with van der Waals surface area (Å²) < 4.78 is 16.9. The van der Waals surface area contributed by atoms with E-state index in [1.807, 2.05) is 55.4 Å². The number of hydrogen-bond acceptors (Lipinski definition) is 6. The van der Waals surface area contributed by atoms with E-state index in [0.29, 0.717) is 30.3 Å². The molecule has 1 amide bonds. The fraction of sp³-hybridized carbons (Fsp3) is 0.364. The van der Waals surface area contributed by atoms with E-state index in [2.05, 4.69) is 0 Å². The van der Waals surface area contributed by atoms with E-state index in [9.17, 15) is 9.59 Å². The number of hydrogen-bond donors (Lipinski definition) is 0. The highest BCUT2D eigenvalue weighted by atomic mass is 16.6. The Bertz CT molecular complexity index is 866. The average Bonchev–Trinajstić information content (AvgIpc) is 2.81. The van der Waals surface area contributed by atoms with Gasteiger partial charge in [0.15, 0.2) is 6.10 Å². The molecule has 0 spiro atoms. The lowest BCUT2D eigenvalue weighted by Gasteiger charge is -2.27. The molecule has 0 aromatic heterocycles. The van der Waals surface area contributed by atoms with Gasteiger partial charge in [0.25, 0.3) is 5.91 Å². The summed E-state index contributed by atoms with van der Waals surface area (Å²) >= 11 is 0. The maximum absolute atomic E-state index is 13.5. The molecule has 0 saturated carbocycles. The Morgan fingerprint density at radius 1 is 1.14 bits per heavy atom. The molecule has 0 fully saturated rings. The predicted molar refractivity (Wildman–Crippen MR) is 109 cm³/mol. The second-order valence-corrected chi connectivity index (χ2v) is 7.10. The van der Waals surface area contributed by atoms with E-state index in [1.165, 1.54) is 6.92 Å². The topological polar surface area (TPSA) is 68.3 Å². The van der Waals surface area contributed by atoms with Crippen LogP contribution in [-0.2, 0) is 14.3 Å². The lowest BCUT2D eigenvalue weighted by Crippen LogP contribution is -2.45. The van der Waals surface area contributed by atoms with Gasteiger partial charge in [-0.05, 0) is 43.9 Å².